The number of hydrogen-bond donors (Lipinski definition) is 2. The third-order valence-corrected chi connectivity index (χ3v) is 3.95. The molecule has 0 spiro atoms. The number of para-hydroxylation sites is 1. The summed E-state index contributed by atoms with van der Waals surface area (Å²) in [5.74, 6) is 1.99. The minimum Gasteiger partial charge on any atom is -0.492 e. The normalized spacial score (nSPS) is 10.8. The fraction of sp³-hybridized carbons (Fsp3) is 0.211. The summed E-state index contributed by atoms with van der Waals surface area (Å²) >= 11 is 5.86. The Hall–Kier alpha value is -2.90. The second-order valence-electron chi connectivity index (χ2n) is 5.96. The molecule has 0 bridgehead atoms. The van der Waals surface area contributed by atoms with Gasteiger partial charge in [-0.2, -0.15) is 15.0 Å². The van der Waals surface area contributed by atoms with Gasteiger partial charge in [-0.1, -0.05) is 29.8 Å². The molecule has 0 aliphatic heterocycles. The molecule has 8 heteroatoms. The Kier molecular flexibility index (Phi) is 6.40. The van der Waals surface area contributed by atoms with Gasteiger partial charge in [0.2, 0.25) is 11.9 Å². The van der Waals surface area contributed by atoms with Crippen LogP contribution in [-0.2, 0) is 6.54 Å². The third kappa shape index (κ3) is 6.09. The molecular formula is C19H21ClN6O. The Balaban J connectivity index is 1.53. The summed E-state index contributed by atoms with van der Waals surface area (Å²) < 4.78 is 5.71. The zero-order valence-corrected chi connectivity index (χ0v) is 15.7. The second-order valence-corrected chi connectivity index (χ2v) is 6.40. The molecule has 0 aliphatic rings. The predicted octanol–water partition coefficient (Wildman–Crippen LogP) is 3.36. The topological polar surface area (TPSA) is 89.2 Å². The monoisotopic (exact) mass is 384 g/mol. The molecule has 0 amide bonds. The molecule has 2 aromatic carbocycles. The van der Waals surface area contributed by atoms with E-state index >= 15 is 0 Å². The number of nitrogen functional groups attached to an aromatic ring is 1. The van der Waals surface area contributed by atoms with Crippen LogP contribution < -0.4 is 15.8 Å². The lowest BCUT2D eigenvalue weighted by atomic mass is 10.3. The Morgan fingerprint density at radius 3 is 2.52 bits per heavy atom. The Morgan fingerprint density at radius 2 is 1.78 bits per heavy atom. The van der Waals surface area contributed by atoms with Crippen LogP contribution in [0.15, 0.2) is 54.6 Å². The fourth-order valence-electron chi connectivity index (χ4n) is 2.39. The second kappa shape index (κ2) is 9.16. The smallest absolute Gasteiger partial charge is 0.232 e. The summed E-state index contributed by atoms with van der Waals surface area (Å²) in [4.78, 5) is 14.8. The first-order valence-corrected chi connectivity index (χ1v) is 8.86. The third-order valence-electron chi connectivity index (χ3n) is 3.70. The molecule has 1 heterocycles. The van der Waals surface area contributed by atoms with Gasteiger partial charge in [-0.15, -0.1) is 0 Å². The number of hydrogen-bond acceptors (Lipinski definition) is 7. The van der Waals surface area contributed by atoms with Crippen LogP contribution in [0.4, 0.5) is 17.6 Å². The highest BCUT2D eigenvalue weighted by molar-refractivity contribution is 6.30. The van der Waals surface area contributed by atoms with Crippen molar-refractivity contribution in [1.82, 2.24) is 19.9 Å². The Morgan fingerprint density at radius 1 is 1.04 bits per heavy atom. The Bertz CT molecular complexity index is 860. The van der Waals surface area contributed by atoms with Gasteiger partial charge in [-0.25, -0.2) is 0 Å². The molecule has 27 heavy (non-hydrogen) atoms. The average Bonchev–Trinajstić information content (AvgIpc) is 2.64. The van der Waals surface area contributed by atoms with Crippen molar-refractivity contribution in [2.45, 2.75) is 6.54 Å². The van der Waals surface area contributed by atoms with E-state index in [4.69, 9.17) is 22.1 Å². The number of ether oxygens (including phenoxy) is 1. The van der Waals surface area contributed by atoms with Gasteiger partial charge in [-0.05, 0) is 43.4 Å². The van der Waals surface area contributed by atoms with Crippen molar-refractivity contribution in [1.29, 1.82) is 0 Å². The number of nitrogens with two attached hydrogens (primary N) is 1. The van der Waals surface area contributed by atoms with Gasteiger partial charge in [0.15, 0.2) is 0 Å². The number of nitrogens with zero attached hydrogens (tertiary/aromatic N) is 4. The molecular weight excluding hydrogens is 364 g/mol. The highest BCUT2D eigenvalue weighted by atomic mass is 35.5. The molecule has 0 saturated carbocycles. The molecule has 0 aliphatic carbocycles. The molecule has 0 saturated heterocycles. The predicted molar refractivity (Wildman–Crippen MR) is 107 cm³/mol. The van der Waals surface area contributed by atoms with Crippen LogP contribution in [0.5, 0.6) is 5.75 Å². The minimum absolute atomic E-state index is 0.184. The first kappa shape index (κ1) is 18.9. The van der Waals surface area contributed by atoms with Crippen molar-refractivity contribution in [3.63, 3.8) is 0 Å². The standard InChI is InChI=1S/C19H21ClN6O/c1-26(11-12-27-16-9-7-14(20)8-10-16)13-17-23-18(21)25-19(24-17)22-15-5-3-2-4-6-15/h2-10H,11-13H2,1H3,(H3,21,22,23,24,25). The van der Waals surface area contributed by atoms with Crippen molar-refractivity contribution in [2.24, 2.45) is 0 Å². The van der Waals surface area contributed by atoms with E-state index in [0.717, 1.165) is 11.4 Å². The average molecular weight is 385 g/mol. The van der Waals surface area contributed by atoms with Crippen LogP contribution in [0.2, 0.25) is 5.02 Å². The van der Waals surface area contributed by atoms with E-state index in [1.165, 1.54) is 0 Å². The lowest BCUT2D eigenvalue weighted by Crippen LogP contribution is -2.25. The van der Waals surface area contributed by atoms with E-state index in [2.05, 4.69) is 25.2 Å². The molecule has 3 N–H and O–H groups in total. The van der Waals surface area contributed by atoms with E-state index in [1.807, 2.05) is 49.5 Å². The zero-order valence-electron chi connectivity index (χ0n) is 15.0. The lowest BCUT2D eigenvalue weighted by Gasteiger charge is -2.16. The maximum atomic E-state index is 5.86. The zero-order chi connectivity index (χ0) is 19.1. The van der Waals surface area contributed by atoms with E-state index < -0.39 is 0 Å². The van der Waals surface area contributed by atoms with Gasteiger partial charge in [0.05, 0.1) is 6.54 Å². The van der Waals surface area contributed by atoms with Gasteiger partial charge in [0.25, 0.3) is 0 Å². The number of nitrogens with one attached hydrogen (secondary N) is 1. The molecule has 7 nitrogen and oxygen atoms in total. The summed E-state index contributed by atoms with van der Waals surface area (Å²) in [7, 11) is 1.97. The summed E-state index contributed by atoms with van der Waals surface area (Å²) in [6, 6.07) is 17.0. The fourth-order valence-corrected chi connectivity index (χ4v) is 2.51. The van der Waals surface area contributed by atoms with Gasteiger partial charge >= 0.3 is 0 Å². The van der Waals surface area contributed by atoms with Gasteiger partial charge in [0.1, 0.15) is 18.2 Å². The summed E-state index contributed by atoms with van der Waals surface area (Å²) in [5.41, 5.74) is 6.71. The molecule has 140 valence electrons. The number of benzene rings is 2. The number of rotatable bonds is 8. The minimum atomic E-state index is 0.184. The van der Waals surface area contributed by atoms with Gasteiger partial charge in [-0.3, -0.25) is 4.90 Å². The first-order valence-electron chi connectivity index (χ1n) is 8.48. The lowest BCUT2D eigenvalue weighted by molar-refractivity contribution is 0.230. The van der Waals surface area contributed by atoms with E-state index in [1.54, 1.807) is 12.1 Å². The maximum Gasteiger partial charge on any atom is 0.232 e. The van der Waals surface area contributed by atoms with Crippen LogP contribution in [0, 0.1) is 0 Å². The molecule has 0 atom stereocenters. The largest absolute Gasteiger partial charge is 0.492 e. The summed E-state index contributed by atoms with van der Waals surface area (Å²) in [6.07, 6.45) is 0. The van der Waals surface area contributed by atoms with Crippen molar-refractivity contribution in [3.05, 3.63) is 65.4 Å². The van der Waals surface area contributed by atoms with E-state index in [0.29, 0.717) is 36.5 Å². The number of likely N-dealkylation sites (N-methyl/N-ethyl adjacent to an activating group) is 1. The van der Waals surface area contributed by atoms with Crippen molar-refractivity contribution in [3.8, 4) is 5.75 Å². The van der Waals surface area contributed by atoms with Crippen molar-refractivity contribution < 1.29 is 4.74 Å². The van der Waals surface area contributed by atoms with E-state index in [-0.39, 0.29) is 5.95 Å². The maximum absolute atomic E-state index is 5.86. The van der Waals surface area contributed by atoms with Crippen molar-refractivity contribution in [2.75, 3.05) is 31.2 Å². The van der Waals surface area contributed by atoms with E-state index in [9.17, 15) is 0 Å². The molecule has 1 aromatic heterocycles. The number of anilines is 3. The number of aromatic nitrogens is 3. The highest BCUT2D eigenvalue weighted by Crippen LogP contribution is 2.16. The molecule has 0 unspecified atom stereocenters. The van der Waals surface area contributed by atoms with Crippen molar-refractivity contribution >= 4 is 29.2 Å². The van der Waals surface area contributed by atoms with Crippen LogP contribution in [-0.4, -0.2) is 40.1 Å². The van der Waals surface area contributed by atoms with Crippen LogP contribution >= 0.6 is 11.6 Å². The Labute approximate surface area is 163 Å². The van der Waals surface area contributed by atoms with Gasteiger partial charge < -0.3 is 15.8 Å². The quantitative estimate of drug-likeness (QED) is 0.615. The SMILES string of the molecule is CN(CCOc1ccc(Cl)cc1)Cc1nc(N)nc(Nc2ccccc2)n1. The van der Waals surface area contributed by atoms with Crippen LogP contribution in [0.1, 0.15) is 5.82 Å². The van der Waals surface area contributed by atoms with Crippen LogP contribution in [0.25, 0.3) is 0 Å². The summed E-state index contributed by atoms with van der Waals surface area (Å²) in [6.45, 7) is 1.77. The molecule has 3 rings (SSSR count). The highest BCUT2D eigenvalue weighted by Gasteiger charge is 2.08. The molecule has 3 aromatic rings. The van der Waals surface area contributed by atoms with Gasteiger partial charge in [0, 0.05) is 17.3 Å². The molecule has 0 fully saturated rings. The van der Waals surface area contributed by atoms with Crippen LogP contribution in [0.3, 0.4) is 0 Å². The molecule has 0 radical (unpaired) electrons. The number of halogens is 1. The first-order chi connectivity index (χ1) is 13.1. The summed E-state index contributed by atoms with van der Waals surface area (Å²) in [5, 5.41) is 3.82.